The van der Waals surface area contributed by atoms with E-state index in [-0.39, 0.29) is 12.5 Å². The zero-order valence-electron chi connectivity index (χ0n) is 15.7. The first-order chi connectivity index (χ1) is 14.4. The molecule has 0 aliphatic rings. The molecule has 0 spiro atoms. The molecule has 4 aromatic rings. The molecule has 5 nitrogen and oxygen atoms in total. The molecule has 0 saturated carbocycles. The lowest BCUT2D eigenvalue weighted by atomic mass is 10.2. The highest BCUT2D eigenvalue weighted by atomic mass is 35.5. The van der Waals surface area contributed by atoms with Crippen molar-refractivity contribution in [1.82, 2.24) is 4.98 Å². The van der Waals surface area contributed by atoms with E-state index in [1.165, 1.54) is 0 Å². The van der Waals surface area contributed by atoms with E-state index in [0.717, 1.165) is 5.56 Å². The van der Waals surface area contributed by atoms with Crippen molar-refractivity contribution >= 4 is 57.5 Å². The van der Waals surface area contributed by atoms with Gasteiger partial charge in [-0.25, -0.2) is 4.98 Å². The third kappa shape index (κ3) is 4.54. The van der Waals surface area contributed by atoms with Gasteiger partial charge in [-0.3, -0.25) is 4.79 Å². The smallest absolute Gasteiger partial charge is 0.262 e. The fourth-order valence-electron chi connectivity index (χ4n) is 2.82. The molecule has 1 N–H and O–H groups in total. The SMILES string of the molecule is Cc1cc(OCC(=O)Nc2cc(-c3nc4cc(Cl)ccc4o3)ccc2Cl)ccc1Cl. The third-order valence-corrected chi connectivity index (χ3v) is 5.33. The molecule has 30 heavy (non-hydrogen) atoms. The highest BCUT2D eigenvalue weighted by molar-refractivity contribution is 6.34. The van der Waals surface area contributed by atoms with Crippen molar-refractivity contribution in [2.75, 3.05) is 11.9 Å². The average molecular weight is 462 g/mol. The van der Waals surface area contributed by atoms with Gasteiger partial charge in [0.25, 0.3) is 5.91 Å². The van der Waals surface area contributed by atoms with Crippen molar-refractivity contribution in [3.8, 4) is 17.2 Å². The standard InChI is InChI=1S/C22H15Cl3N2O3/c1-12-8-15(4-6-16(12)24)29-11-21(28)26-18-9-13(2-5-17(18)25)22-27-19-10-14(23)3-7-20(19)30-22/h2-10H,11H2,1H3,(H,26,28). The molecule has 8 heteroatoms. The molecule has 3 aromatic carbocycles. The summed E-state index contributed by atoms with van der Waals surface area (Å²) < 4.78 is 11.3. The number of amides is 1. The Bertz CT molecular complexity index is 1250. The topological polar surface area (TPSA) is 64.4 Å². The van der Waals surface area contributed by atoms with E-state index in [1.54, 1.807) is 54.6 Å². The first-order valence-corrected chi connectivity index (χ1v) is 10.1. The van der Waals surface area contributed by atoms with E-state index in [2.05, 4.69) is 10.3 Å². The van der Waals surface area contributed by atoms with Gasteiger partial charge in [0.2, 0.25) is 5.89 Å². The summed E-state index contributed by atoms with van der Waals surface area (Å²) in [6.07, 6.45) is 0. The number of nitrogens with one attached hydrogen (secondary N) is 1. The second kappa shape index (κ2) is 8.56. The predicted octanol–water partition coefficient (Wildman–Crippen LogP) is 6.78. The predicted molar refractivity (Wildman–Crippen MR) is 120 cm³/mol. The van der Waals surface area contributed by atoms with Crippen LogP contribution in [0.5, 0.6) is 5.75 Å². The summed E-state index contributed by atoms with van der Waals surface area (Å²) in [6.45, 7) is 1.68. The lowest BCUT2D eigenvalue weighted by molar-refractivity contribution is -0.118. The molecule has 0 fully saturated rings. The number of carbonyl (C=O) groups excluding carboxylic acids is 1. The lowest BCUT2D eigenvalue weighted by Gasteiger charge is -2.10. The van der Waals surface area contributed by atoms with Crippen molar-refractivity contribution in [2.45, 2.75) is 6.92 Å². The Morgan fingerprint density at radius 1 is 1.03 bits per heavy atom. The second-order valence-electron chi connectivity index (χ2n) is 6.57. The number of hydrogen-bond acceptors (Lipinski definition) is 4. The Kier molecular flexibility index (Phi) is 5.86. The third-order valence-electron chi connectivity index (χ3n) is 4.34. The highest BCUT2D eigenvalue weighted by Gasteiger charge is 2.13. The van der Waals surface area contributed by atoms with E-state index in [9.17, 15) is 4.79 Å². The van der Waals surface area contributed by atoms with E-state index < -0.39 is 0 Å². The summed E-state index contributed by atoms with van der Waals surface area (Å²) in [5.41, 5.74) is 3.21. The van der Waals surface area contributed by atoms with Crippen LogP contribution < -0.4 is 10.1 Å². The number of anilines is 1. The minimum atomic E-state index is -0.356. The molecule has 1 amide bonds. The summed E-state index contributed by atoms with van der Waals surface area (Å²) in [5.74, 6) is 0.593. The number of carbonyl (C=O) groups is 1. The minimum absolute atomic E-state index is 0.178. The molecule has 0 aliphatic heterocycles. The first kappa shape index (κ1) is 20.5. The summed E-state index contributed by atoms with van der Waals surface area (Å²) >= 11 is 18.2. The fraction of sp³-hybridized carbons (Fsp3) is 0.0909. The minimum Gasteiger partial charge on any atom is -0.484 e. The zero-order chi connectivity index (χ0) is 21.3. The van der Waals surface area contributed by atoms with Crippen LogP contribution in [0.4, 0.5) is 5.69 Å². The molecule has 1 aromatic heterocycles. The van der Waals surface area contributed by atoms with Gasteiger partial charge in [-0.15, -0.1) is 0 Å². The van der Waals surface area contributed by atoms with Gasteiger partial charge in [-0.05, 0) is 67.1 Å². The second-order valence-corrected chi connectivity index (χ2v) is 7.82. The Hall–Kier alpha value is -2.73. The molecule has 0 aliphatic carbocycles. The van der Waals surface area contributed by atoms with Crippen LogP contribution in [-0.2, 0) is 4.79 Å². The molecular formula is C22H15Cl3N2O3. The average Bonchev–Trinajstić information content (AvgIpc) is 3.13. The number of aryl methyl sites for hydroxylation is 1. The van der Waals surface area contributed by atoms with Crippen LogP contribution in [0.2, 0.25) is 15.1 Å². The summed E-state index contributed by atoms with van der Waals surface area (Å²) in [4.78, 5) is 16.8. The van der Waals surface area contributed by atoms with Crippen LogP contribution >= 0.6 is 34.8 Å². The Morgan fingerprint density at radius 3 is 2.63 bits per heavy atom. The molecular weight excluding hydrogens is 447 g/mol. The van der Waals surface area contributed by atoms with Crippen LogP contribution in [0, 0.1) is 6.92 Å². The number of halogens is 3. The summed E-state index contributed by atoms with van der Waals surface area (Å²) in [7, 11) is 0. The van der Waals surface area contributed by atoms with Gasteiger partial charge < -0.3 is 14.5 Å². The maximum absolute atomic E-state index is 12.3. The van der Waals surface area contributed by atoms with E-state index in [4.69, 9.17) is 44.0 Å². The van der Waals surface area contributed by atoms with Crippen molar-refractivity contribution in [2.24, 2.45) is 0 Å². The Balaban J connectivity index is 1.49. The molecule has 0 unspecified atom stereocenters. The van der Waals surface area contributed by atoms with Gasteiger partial charge in [0.1, 0.15) is 11.3 Å². The van der Waals surface area contributed by atoms with Gasteiger partial charge in [0.15, 0.2) is 12.2 Å². The summed E-state index contributed by atoms with van der Waals surface area (Å²) in [5, 5.41) is 4.34. The van der Waals surface area contributed by atoms with Gasteiger partial charge in [0.05, 0.1) is 10.7 Å². The number of benzene rings is 3. The van der Waals surface area contributed by atoms with E-state index in [1.807, 2.05) is 6.92 Å². The van der Waals surface area contributed by atoms with Crippen LogP contribution in [0.15, 0.2) is 59.0 Å². The van der Waals surface area contributed by atoms with Crippen LogP contribution in [-0.4, -0.2) is 17.5 Å². The maximum Gasteiger partial charge on any atom is 0.262 e. The number of ether oxygens (including phenoxy) is 1. The fourth-order valence-corrected chi connectivity index (χ4v) is 3.27. The number of oxazole rings is 1. The molecule has 152 valence electrons. The monoisotopic (exact) mass is 460 g/mol. The molecule has 1 heterocycles. The molecule has 0 bridgehead atoms. The first-order valence-electron chi connectivity index (χ1n) is 8.94. The van der Waals surface area contributed by atoms with Gasteiger partial charge in [0, 0.05) is 15.6 Å². The van der Waals surface area contributed by atoms with Crippen LogP contribution in [0.25, 0.3) is 22.6 Å². The van der Waals surface area contributed by atoms with Crippen LogP contribution in [0.1, 0.15) is 5.56 Å². The Morgan fingerprint density at radius 2 is 1.83 bits per heavy atom. The van der Waals surface area contributed by atoms with Gasteiger partial charge >= 0.3 is 0 Å². The zero-order valence-corrected chi connectivity index (χ0v) is 18.0. The van der Waals surface area contributed by atoms with Crippen molar-refractivity contribution < 1.29 is 13.9 Å². The van der Waals surface area contributed by atoms with Crippen molar-refractivity contribution in [3.63, 3.8) is 0 Å². The number of rotatable bonds is 5. The van der Waals surface area contributed by atoms with Gasteiger partial charge in [-0.1, -0.05) is 34.8 Å². The largest absolute Gasteiger partial charge is 0.484 e. The summed E-state index contributed by atoms with van der Waals surface area (Å²) in [6, 6.07) is 15.5. The van der Waals surface area contributed by atoms with E-state index >= 15 is 0 Å². The molecule has 0 radical (unpaired) electrons. The quantitative estimate of drug-likeness (QED) is 0.356. The number of fused-ring (bicyclic) bond motifs is 1. The number of nitrogens with zero attached hydrogens (tertiary/aromatic N) is 1. The highest BCUT2D eigenvalue weighted by Crippen LogP contribution is 2.31. The number of aromatic nitrogens is 1. The van der Waals surface area contributed by atoms with Crippen molar-refractivity contribution in [3.05, 3.63) is 75.2 Å². The van der Waals surface area contributed by atoms with Crippen LogP contribution in [0.3, 0.4) is 0 Å². The number of hydrogen-bond donors (Lipinski definition) is 1. The molecule has 4 rings (SSSR count). The normalized spacial score (nSPS) is 10.9. The van der Waals surface area contributed by atoms with Gasteiger partial charge in [-0.2, -0.15) is 0 Å². The van der Waals surface area contributed by atoms with E-state index in [0.29, 0.717) is 49.1 Å². The Labute approximate surface area is 187 Å². The van der Waals surface area contributed by atoms with Crippen molar-refractivity contribution in [1.29, 1.82) is 0 Å². The molecule has 0 atom stereocenters. The lowest BCUT2D eigenvalue weighted by Crippen LogP contribution is -2.20. The maximum atomic E-state index is 12.3. The molecule has 0 saturated heterocycles.